The molecule has 0 aromatic heterocycles. The first-order valence-electron chi connectivity index (χ1n) is 8.71. The van der Waals surface area contributed by atoms with E-state index in [1.807, 2.05) is 6.07 Å². The van der Waals surface area contributed by atoms with Crippen LogP contribution in [0.4, 0.5) is 0 Å². The molecule has 6 atom stereocenters. The van der Waals surface area contributed by atoms with Crippen LogP contribution >= 0.6 is 0 Å². The van der Waals surface area contributed by atoms with Gasteiger partial charge in [-0.15, -0.1) is 10.1 Å². The monoisotopic (exact) mass is 333 g/mol. The Morgan fingerprint density at radius 3 is 2.88 bits per heavy atom. The Bertz CT molecular complexity index is 677. The van der Waals surface area contributed by atoms with Gasteiger partial charge in [0.15, 0.2) is 0 Å². The fourth-order valence-corrected chi connectivity index (χ4v) is 5.80. The lowest BCUT2D eigenvalue weighted by Gasteiger charge is -2.52. The van der Waals surface area contributed by atoms with Crippen molar-refractivity contribution in [3.63, 3.8) is 0 Å². The number of aromatic hydroxyl groups is 1. The molecule has 0 bridgehead atoms. The van der Waals surface area contributed by atoms with Crippen molar-refractivity contribution in [2.24, 2.45) is 17.3 Å². The fourth-order valence-electron chi connectivity index (χ4n) is 5.80. The molecule has 2 saturated carbocycles. The summed E-state index contributed by atoms with van der Waals surface area (Å²) in [5, 5.41) is 30.6. The maximum Gasteiger partial charge on any atom is 0.294 e. The zero-order valence-electron chi connectivity index (χ0n) is 13.7. The standard InChI is InChI=1S/C18H23NO5/c1-18-9-15(24-19(22)23)17-12-5-3-11(20)8-10(12)2-4-13(17)14(18)6-7-16(18)21/h3,5,8,13-17,20-21H,2,4,6-7,9H2,1H3/t13?,14?,15?,16-,17?,18-/m0/s1. The molecular formula is C18H23NO5. The zero-order chi connectivity index (χ0) is 17.1. The summed E-state index contributed by atoms with van der Waals surface area (Å²) in [5.41, 5.74) is 1.82. The number of aliphatic hydroxyl groups excluding tert-OH is 1. The van der Waals surface area contributed by atoms with Gasteiger partial charge in [0.1, 0.15) is 11.9 Å². The highest BCUT2D eigenvalue weighted by molar-refractivity contribution is 5.41. The van der Waals surface area contributed by atoms with Gasteiger partial charge in [-0.05, 0) is 72.6 Å². The molecule has 24 heavy (non-hydrogen) atoms. The minimum atomic E-state index is -0.693. The predicted octanol–water partition coefficient (Wildman–Crippen LogP) is 2.80. The summed E-state index contributed by atoms with van der Waals surface area (Å²) in [6.07, 6.45) is 3.06. The second-order valence-electron chi connectivity index (χ2n) is 7.89. The van der Waals surface area contributed by atoms with Gasteiger partial charge in [0.05, 0.1) is 6.10 Å². The van der Waals surface area contributed by atoms with Crippen LogP contribution in [0.25, 0.3) is 0 Å². The van der Waals surface area contributed by atoms with E-state index in [2.05, 4.69) is 6.92 Å². The van der Waals surface area contributed by atoms with Gasteiger partial charge in [0.2, 0.25) is 0 Å². The second-order valence-corrected chi connectivity index (χ2v) is 7.89. The van der Waals surface area contributed by atoms with Crippen LogP contribution < -0.4 is 0 Å². The maximum atomic E-state index is 11.1. The van der Waals surface area contributed by atoms with Crippen molar-refractivity contribution in [1.29, 1.82) is 0 Å². The van der Waals surface area contributed by atoms with Crippen molar-refractivity contribution < 1.29 is 20.1 Å². The van der Waals surface area contributed by atoms with Gasteiger partial charge in [0, 0.05) is 5.92 Å². The number of aliphatic hydroxyl groups is 1. The van der Waals surface area contributed by atoms with Gasteiger partial charge < -0.3 is 15.1 Å². The molecule has 130 valence electrons. The van der Waals surface area contributed by atoms with E-state index in [1.165, 1.54) is 0 Å². The first-order chi connectivity index (χ1) is 11.4. The largest absolute Gasteiger partial charge is 0.508 e. The van der Waals surface area contributed by atoms with Crippen molar-refractivity contribution in [1.82, 2.24) is 0 Å². The molecule has 0 spiro atoms. The van der Waals surface area contributed by atoms with Crippen LogP contribution in [-0.4, -0.2) is 27.5 Å². The molecule has 3 aliphatic carbocycles. The third kappa shape index (κ3) is 2.19. The van der Waals surface area contributed by atoms with Crippen LogP contribution in [0.2, 0.25) is 0 Å². The second kappa shape index (κ2) is 5.34. The number of phenols is 1. The van der Waals surface area contributed by atoms with E-state index in [4.69, 9.17) is 4.84 Å². The molecule has 4 unspecified atom stereocenters. The quantitative estimate of drug-likeness (QED) is 0.641. The SMILES string of the molecule is C[C@]12CC(O[N+](=O)[O-])C3c4ccc(O)cc4CCC3C1CC[C@@H]2O. The molecule has 1 aromatic rings. The van der Waals surface area contributed by atoms with Crippen molar-refractivity contribution in [2.45, 2.75) is 57.2 Å². The molecule has 4 rings (SSSR count). The molecule has 2 fully saturated rings. The molecule has 0 amide bonds. The summed E-state index contributed by atoms with van der Waals surface area (Å²) in [6.45, 7) is 2.06. The summed E-state index contributed by atoms with van der Waals surface area (Å²) < 4.78 is 0. The Labute approximate surface area is 140 Å². The average molecular weight is 333 g/mol. The zero-order valence-corrected chi connectivity index (χ0v) is 13.7. The highest BCUT2D eigenvalue weighted by atomic mass is 17.0. The average Bonchev–Trinajstić information content (AvgIpc) is 2.81. The summed E-state index contributed by atoms with van der Waals surface area (Å²) in [6, 6.07) is 5.32. The van der Waals surface area contributed by atoms with Crippen LogP contribution in [0, 0.1) is 27.4 Å². The van der Waals surface area contributed by atoms with Gasteiger partial charge in [0.25, 0.3) is 5.09 Å². The molecule has 6 nitrogen and oxygen atoms in total. The Balaban J connectivity index is 1.78. The highest BCUT2D eigenvalue weighted by Gasteiger charge is 2.58. The molecule has 0 aliphatic heterocycles. The maximum absolute atomic E-state index is 11.1. The van der Waals surface area contributed by atoms with E-state index < -0.39 is 17.3 Å². The van der Waals surface area contributed by atoms with Crippen LogP contribution in [0.3, 0.4) is 0 Å². The molecular weight excluding hydrogens is 310 g/mol. The molecule has 6 heteroatoms. The van der Waals surface area contributed by atoms with E-state index in [0.29, 0.717) is 12.3 Å². The third-order valence-corrected chi connectivity index (χ3v) is 6.83. The lowest BCUT2D eigenvalue weighted by atomic mass is 9.54. The summed E-state index contributed by atoms with van der Waals surface area (Å²) in [5.74, 6) is 0.841. The Morgan fingerprint density at radius 1 is 1.33 bits per heavy atom. The normalized spacial score (nSPS) is 40.3. The Hall–Kier alpha value is -1.82. The Morgan fingerprint density at radius 2 is 2.12 bits per heavy atom. The van der Waals surface area contributed by atoms with Gasteiger partial charge in [-0.25, -0.2) is 0 Å². The first kappa shape index (κ1) is 15.7. The Kier molecular flexibility index (Phi) is 3.49. The lowest BCUT2D eigenvalue weighted by molar-refractivity contribution is -0.771. The number of rotatable bonds is 2. The van der Waals surface area contributed by atoms with E-state index in [0.717, 1.165) is 36.8 Å². The number of hydrogen-bond acceptors (Lipinski definition) is 5. The third-order valence-electron chi connectivity index (χ3n) is 6.83. The van der Waals surface area contributed by atoms with Crippen LogP contribution in [0.1, 0.15) is 49.7 Å². The van der Waals surface area contributed by atoms with E-state index >= 15 is 0 Å². The summed E-state index contributed by atoms with van der Waals surface area (Å²) >= 11 is 0. The number of hydrogen-bond donors (Lipinski definition) is 2. The number of fused-ring (bicyclic) bond motifs is 5. The van der Waals surface area contributed by atoms with Crippen molar-refractivity contribution in [3.8, 4) is 5.75 Å². The number of nitrogens with zero attached hydrogens (tertiary/aromatic N) is 1. The van der Waals surface area contributed by atoms with Gasteiger partial charge in [-0.3, -0.25) is 0 Å². The van der Waals surface area contributed by atoms with E-state index in [-0.39, 0.29) is 23.0 Å². The molecule has 0 radical (unpaired) electrons. The molecule has 2 N–H and O–H groups in total. The smallest absolute Gasteiger partial charge is 0.294 e. The topological polar surface area (TPSA) is 92.8 Å². The fraction of sp³-hybridized carbons (Fsp3) is 0.667. The molecule has 1 aromatic carbocycles. The summed E-state index contributed by atoms with van der Waals surface area (Å²) in [4.78, 5) is 16.2. The number of benzene rings is 1. The minimum Gasteiger partial charge on any atom is -0.508 e. The van der Waals surface area contributed by atoms with Gasteiger partial charge >= 0.3 is 0 Å². The van der Waals surface area contributed by atoms with Crippen molar-refractivity contribution >= 4 is 0 Å². The first-order valence-corrected chi connectivity index (χ1v) is 8.71. The van der Waals surface area contributed by atoms with E-state index in [9.17, 15) is 20.3 Å². The van der Waals surface area contributed by atoms with Crippen LogP contribution in [0.5, 0.6) is 5.75 Å². The predicted molar refractivity (Wildman–Crippen MR) is 86.0 cm³/mol. The number of phenolic OH excluding ortho intramolecular Hbond substituents is 1. The van der Waals surface area contributed by atoms with Crippen molar-refractivity contribution in [2.75, 3.05) is 0 Å². The van der Waals surface area contributed by atoms with Crippen LogP contribution in [-0.2, 0) is 11.3 Å². The molecule has 0 saturated heterocycles. The minimum absolute atomic E-state index is 0.0388. The van der Waals surface area contributed by atoms with Crippen molar-refractivity contribution in [3.05, 3.63) is 39.4 Å². The molecule has 0 heterocycles. The van der Waals surface area contributed by atoms with Crippen LogP contribution in [0.15, 0.2) is 18.2 Å². The number of aryl methyl sites for hydroxylation is 1. The highest BCUT2D eigenvalue weighted by Crippen LogP contribution is 2.61. The van der Waals surface area contributed by atoms with Gasteiger partial charge in [-0.1, -0.05) is 13.0 Å². The van der Waals surface area contributed by atoms with Gasteiger partial charge in [-0.2, -0.15) is 0 Å². The lowest BCUT2D eigenvalue weighted by Crippen LogP contribution is -2.51. The molecule has 3 aliphatic rings. The summed E-state index contributed by atoms with van der Waals surface area (Å²) in [7, 11) is 0. The van der Waals surface area contributed by atoms with E-state index in [1.54, 1.807) is 12.1 Å².